The van der Waals surface area contributed by atoms with E-state index in [0.29, 0.717) is 13.1 Å². The van der Waals surface area contributed by atoms with Gasteiger partial charge < -0.3 is 14.5 Å². The maximum atomic E-state index is 12.2. The van der Waals surface area contributed by atoms with E-state index in [2.05, 4.69) is 42.4 Å². The molecule has 114 valence electrons. The first-order valence-corrected chi connectivity index (χ1v) is 7.53. The number of nitrogens with zero attached hydrogens (tertiary/aromatic N) is 2. The molecule has 1 amide bonds. The minimum absolute atomic E-state index is 0.0340. The van der Waals surface area contributed by atoms with Crippen molar-refractivity contribution in [1.29, 1.82) is 0 Å². The van der Waals surface area contributed by atoms with Crippen LogP contribution in [0, 0.1) is 6.92 Å². The van der Waals surface area contributed by atoms with E-state index in [1.165, 1.54) is 5.56 Å². The van der Waals surface area contributed by atoms with E-state index < -0.39 is 0 Å². The number of morpholine rings is 1. The number of rotatable bonds is 3. The summed E-state index contributed by atoms with van der Waals surface area (Å²) in [5.41, 5.74) is 2.35. The second-order valence-electron chi connectivity index (χ2n) is 6.00. The van der Waals surface area contributed by atoms with Crippen LogP contribution in [0.15, 0.2) is 24.3 Å². The zero-order valence-electron chi connectivity index (χ0n) is 12.7. The van der Waals surface area contributed by atoms with Gasteiger partial charge in [-0.05, 0) is 19.5 Å². The highest BCUT2D eigenvalue weighted by Gasteiger charge is 2.34. The maximum absolute atomic E-state index is 12.2. The van der Waals surface area contributed by atoms with Crippen molar-refractivity contribution in [2.45, 2.75) is 19.2 Å². The van der Waals surface area contributed by atoms with E-state index in [1.54, 1.807) is 0 Å². The smallest absolute Gasteiger partial charge is 0.238 e. The van der Waals surface area contributed by atoms with Gasteiger partial charge >= 0.3 is 0 Å². The molecular weight excluding hydrogens is 266 g/mol. The number of carbonyl (C=O) groups is 1. The first-order chi connectivity index (χ1) is 10.1. The number of hydrogen-bond acceptors (Lipinski definition) is 4. The summed E-state index contributed by atoms with van der Waals surface area (Å²) in [6, 6.07) is 8.32. The van der Waals surface area contributed by atoms with Crippen LogP contribution < -0.4 is 5.32 Å². The van der Waals surface area contributed by atoms with Gasteiger partial charge in [0.2, 0.25) is 5.91 Å². The van der Waals surface area contributed by atoms with Crippen LogP contribution in [0.4, 0.5) is 0 Å². The minimum Gasteiger partial charge on any atom is -0.374 e. The van der Waals surface area contributed by atoms with Crippen molar-refractivity contribution in [2.24, 2.45) is 0 Å². The van der Waals surface area contributed by atoms with Gasteiger partial charge in [-0.2, -0.15) is 0 Å². The van der Waals surface area contributed by atoms with Crippen molar-refractivity contribution in [1.82, 2.24) is 15.1 Å². The molecule has 1 aromatic rings. The molecule has 1 N–H and O–H groups in total. The molecule has 5 nitrogen and oxygen atoms in total. The highest BCUT2D eigenvalue weighted by atomic mass is 16.5. The number of aryl methyl sites for hydroxylation is 1. The van der Waals surface area contributed by atoms with Gasteiger partial charge in [0.05, 0.1) is 25.8 Å². The second-order valence-corrected chi connectivity index (χ2v) is 6.00. The van der Waals surface area contributed by atoms with Gasteiger partial charge in [0.15, 0.2) is 0 Å². The molecule has 2 aliphatic heterocycles. The number of nitrogens with one attached hydrogen (secondary N) is 1. The van der Waals surface area contributed by atoms with Gasteiger partial charge in [-0.15, -0.1) is 0 Å². The number of hydrogen-bond donors (Lipinski definition) is 1. The maximum Gasteiger partial charge on any atom is 0.238 e. The van der Waals surface area contributed by atoms with Gasteiger partial charge in [-0.1, -0.05) is 29.8 Å². The molecule has 0 spiro atoms. The minimum atomic E-state index is -0.0340. The molecular formula is C16H23N3O2. The summed E-state index contributed by atoms with van der Waals surface area (Å²) in [5.74, 6) is 0.151. The van der Waals surface area contributed by atoms with Gasteiger partial charge in [-0.25, -0.2) is 0 Å². The molecule has 2 atom stereocenters. The molecule has 0 aliphatic carbocycles. The summed E-state index contributed by atoms with van der Waals surface area (Å²) < 4.78 is 5.80. The molecule has 2 heterocycles. The van der Waals surface area contributed by atoms with E-state index in [-0.39, 0.29) is 18.2 Å². The quantitative estimate of drug-likeness (QED) is 0.892. The molecule has 2 unspecified atom stereocenters. The Bertz CT molecular complexity index is 520. The fraction of sp³-hybridized carbons (Fsp3) is 0.562. The lowest BCUT2D eigenvalue weighted by molar-refractivity contribution is -0.131. The van der Waals surface area contributed by atoms with E-state index in [9.17, 15) is 4.79 Å². The Balaban J connectivity index is 1.73. The lowest BCUT2D eigenvalue weighted by Crippen LogP contribution is -2.47. The third kappa shape index (κ3) is 3.26. The average molecular weight is 289 g/mol. The molecule has 2 saturated heterocycles. The predicted molar refractivity (Wildman–Crippen MR) is 80.9 cm³/mol. The molecule has 21 heavy (non-hydrogen) atoms. The number of amides is 1. The predicted octanol–water partition coefficient (Wildman–Crippen LogP) is 0.756. The van der Waals surface area contributed by atoms with Crippen molar-refractivity contribution in [3.63, 3.8) is 0 Å². The van der Waals surface area contributed by atoms with Crippen LogP contribution in [0.5, 0.6) is 0 Å². The second kappa shape index (κ2) is 6.13. The third-order valence-corrected chi connectivity index (χ3v) is 4.18. The van der Waals surface area contributed by atoms with Crippen molar-refractivity contribution in [3.05, 3.63) is 35.4 Å². The summed E-state index contributed by atoms with van der Waals surface area (Å²) in [7, 11) is 2.09. The molecule has 0 aromatic heterocycles. The SMILES string of the molecule is Cc1cccc(C2NCC(=O)N2CC2CN(C)CCO2)c1. The topological polar surface area (TPSA) is 44.8 Å². The monoisotopic (exact) mass is 289 g/mol. The lowest BCUT2D eigenvalue weighted by atomic mass is 10.1. The standard InChI is InChI=1S/C16H23N3O2/c1-12-4-3-5-13(8-12)16-17-9-15(20)19(16)11-14-10-18(2)6-7-21-14/h3-5,8,14,16-17H,6-7,9-11H2,1-2H3. The Kier molecular flexibility index (Phi) is 4.24. The molecule has 2 aliphatic rings. The Hall–Kier alpha value is -1.43. The summed E-state index contributed by atoms with van der Waals surface area (Å²) in [5, 5.41) is 3.31. The van der Waals surface area contributed by atoms with Crippen LogP contribution in [0.3, 0.4) is 0 Å². The van der Waals surface area contributed by atoms with Crippen molar-refractivity contribution < 1.29 is 9.53 Å². The Morgan fingerprint density at radius 2 is 2.29 bits per heavy atom. The van der Waals surface area contributed by atoms with E-state index >= 15 is 0 Å². The Labute approximate surface area is 125 Å². The molecule has 0 radical (unpaired) electrons. The molecule has 0 bridgehead atoms. The van der Waals surface area contributed by atoms with Gasteiger partial charge in [0.1, 0.15) is 6.17 Å². The number of likely N-dealkylation sites (N-methyl/N-ethyl adjacent to an activating group) is 1. The zero-order chi connectivity index (χ0) is 14.8. The summed E-state index contributed by atoms with van der Waals surface area (Å²) >= 11 is 0. The number of ether oxygens (including phenoxy) is 1. The third-order valence-electron chi connectivity index (χ3n) is 4.18. The van der Waals surface area contributed by atoms with Crippen LogP contribution in [0.1, 0.15) is 17.3 Å². The highest BCUT2D eigenvalue weighted by Crippen LogP contribution is 2.24. The first-order valence-electron chi connectivity index (χ1n) is 7.53. The van der Waals surface area contributed by atoms with Crippen LogP contribution in [0.2, 0.25) is 0 Å². The summed E-state index contributed by atoms with van der Waals surface area (Å²) in [6.45, 7) is 5.71. The molecule has 2 fully saturated rings. The summed E-state index contributed by atoms with van der Waals surface area (Å²) in [4.78, 5) is 16.4. The van der Waals surface area contributed by atoms with Gasteiger partial charge in [0, 0.05) is 13.1 Å². The Morgan fingerprint density at radius 1 is 1.43 bits per heavy atom. The van der Waals surface area contributed by atoms with E-state index in [1.807, 2.05) is 11.0 Å². The lowest BCUT2D eigenvalue weighted by Gasteiger charge is -2.34. The van der Waals surface area contributed by atoms with Crippen LogP contribution in [0.25, 0.3) is 0 Å². The fourth-order valence-corrected chi connectivity index (χ4v) is 3.08. The summed E-state index contributed by atoms with van der Waals surface area (Å²) in [6.07, 6.45) is 0.0631. The Morgan fingerprint density at radius 3 is 3.05 bits per heavy atom. The van der Waals surface area contributed by atoms with Crippen molar-refractivity contribution in [2.75, 3.05) is 39.8 Å². The molecule has 0 saturated carbocycles. The fourth-order valence-electron chi connectivity index (χ4n) is 3.08. The molecule has 3 rings (SSSR count). The normalized spacial score (nSPS) is 27.3. The average Bonchev–Trinajstić information content (AvgIpc) is 2.80. The van der Waals surface area contributed by atoms with Crippen LogP contribution in [-0.2, 0) is 9.53 Å². The van der Waals surface area contributed by atoms with E-state index in [0.717, 1.165) is 25.3 Å². The van der Waals surface area contributed by atoms with Crippen molar-refractivity contribution >= 4 is 5.91 Å². The van der Waals surface area contributed by atoms with Crippen LogP contribution in [-0.4, -0.2) is 61.6 Å². The number of carbonyl (C=O) groups excluding carboxylic acids is 1. The largest absolute Gasteiger partial charge is 0.374 e. The van der Waals surface area contributed by atoms with Crippen molar-refractivity contribution in [3.8, 4) is 0 Å². The van der Waals surface area contributed by atoms with E-state index in [4.69, 9.17) is 4.74 Å². The number of benzene rings is 1. The van der Waals surface area contributed by atoms with Crippen LogP contribution >= 0.6 is 0 Å². The zero-order valence-corrected chi connectivity index (χ0v) is 12.7. The molecule has 5 heteroatoms. The van der Waals surface area contributed by atoms with Gasteiger partial charge in [-0.3, -0.25) is 10.1 Å². The van der Waals surface area contributed by atoms with Gasteiger partial charge in [0.25, 0.3) is 0 Å². The molecule has 1 aromatic carbocycles. The highest BCUT2D eigenvalue weighted by molar-refractivity contribution is 5.81. The first kappa shape index (κ1) is 14.5.